The first kappa shape index (κ1) is 16.3. The van der Waals surface area contributed by atoms with E-state index in [1.807, 2.05) is 0 Å². The molecular weight excluding hydrogens is 284 g/mol. The van der Waals surface area contributed by atoms with E-state index in [0.29, 0.717) is 10.7 Å². The van der Waals surface area contributed by atoms with Crippen molar-refractivity contribution in [1.82, 2.24) is 5.32 Å². The van der Waals surface area contributed by atoms with Gasteiger partial charge in [0.1, 0.15) is 0 Å². The van der Waals surface area contributed by atoms with E-state index in [1.165, 1.54) is 12.1 Å². The number of nitrogens with zero attached hydrogens (tertiary/aromatic N) is 1. The zero-order valence-corrected chi connectivity index (χ0v) is 12.1. The van der Waals surface area contributed by atoms with E-state index in [1.54, 1.807) is 26.0 Å². The molecule has 110 valence electrons. The number of rotatable bonds is 4. The van der Waals surface area contributed by atoms with Crippen LogP contribution < -0.4 is 10.2 Å². The lowest BCUT2D eigenvalue weighted by Gasteiger charge is -2.22. The van der Waals surface area contributed by atoms with E-state index in [-0.39, 0.29) is 19.3 Å². The molecule has 1 aromatic rings. The molecule has 3 amide bonds. The van der Waals surface area contributed by atoms with Gasteiger partial charge in [-0.3, -0.25) is 0 Å². The number of amides is 3. The van der Waals surface area contributed by atoms with Gasteiger partial charge in [-0.25, -0.2) is 9.59 Å². The molecule has 0 saturated heterocycles. The van der Waals surface area contributed by atoms with Crippen LogP contribution in [0.25, 0.3) is 0 Å². The molecule has 0 aliphatic heterocycles. The van der Waals surface area contributed by atoms with E-state index >= 15 is 0 Å². The molecule has 0 aliphatic carbocycles. The summed E-state index contributed by atoms with van der Waals surface area (Å²) in [7, 11) is 0. The third kappa shape index (κ3) is 4.71. The van der Waals surface area contributed by atoms with Gasteiger partial charge in [-0.15, -0.1) is 0 Å². The first-order valence-electron chi connectivity index (χ1n) is 6.10. The first-order valence-corrected chi connectivity index (χ1v) is 6.48. The van der Waals surface area contributed by atoms with Gasteiger partial charge in [0, 0.05) is 11.6 Å². The molecule has 0 spiro atoms. The number of imide groups is 1. The van der Waals surface area contributed by atoms with Crippen molar-refractivity contribution in [3.63, 3.8) is 0 Å². The molecule has 0 bridgehead atoms. The molecule has 0 saturated carbocycles. The Bertz CT molecular complexity index is 462. The number of urea groups is 1. The lowest BCUT2D eigenvalue weighted by Crippen LogP contribution is -2.45. The Morgan fingerprint density at radius 3 is 2.45 bits per heavy atom. The summed E-state index contributed by atoms with van der Waals surface area (Å²) in [4.78, 5) is 24.8. The maximum absolute atomic E-state index is 12.0. The Balaban J connectivity index is 2.97. The highest BCUT2D eigenvalue weighted by Crippen LogP contribution is 2.19. The fraction of sp³-hybridized carbons (Fsp3) is 0.385. The number of anilines is 1. The number of aliphatic hydroxyl groups is 1. The normalized spacial score (nSPS) is 10.2. The third-order valence-electron chi connectivity index (χ3n) is 2.20. The highest BCUT2D eigenvalue weighted by Gasteiger charge is 2.25. The van der Waals surface area contributed by atoms with E-state index < -0.39 is 12.1 Å². The topological polar surface area (TPSA) is 78.9 Å². The molecule has 0 fully saturated rings. The quantitative estimate of drug-likeness (QED) is 0.895. The van der Waals surface area contributed by atoms with Crippen LogP contribution in [0.5, 0.6) is 0 Å². The molecule has 1 rings (SSSR count). The molecule has 6 nitrogen and oxygen atoms in total. The van der Waals surface area contributed by atoms with Crippen molar-refractivity contribution < 1.29 is 19.4 Å². The van der Waals surface area contributed by atoms with Crippen LogP contribution in [0.1, 0.15) is 13.8 Å². The van der Waals surface area contributed by atoms with Crippen molar-refractivity contribution in [2.45, 2.75) is 20.0 Å². The molecule has 0 unspecified atom stereocenters. The predicted octanol–water partition coefficient (Wildman–Crippen LogP) is 2.39. The monoisotopic (exact) mass is 300 g/mol. The number of nitrogens with one attached hydrogen (secondary N) is 1. The van der Waals surface area contributed by atoms with Gasteiger partial charge in [-0.05, 0) is 38.1 Å². The molecule has 7 heteroatoms. The molecule has 0 aliphatic rings. The predicted molar refractivity (Wildman–Crippen MR) is 76.0 cm³/mol. The van der Waals surface area contributed by atoms with E-state index in [2.05, 4.69) is 5.32 Å². The van der Waals surface area contributed by atoms with Crippen molar-refractivity contribution in [2.24, 2.45) is 0 Å². The number of hydrogen-bond donors (Lipinski definition) is 2. The summed E-state index contributed by atoms with van der Waals surface area (Å²) in [5, 5.41) is 11.6. The van der Waals surface area contributed by atoms with Gasteiger partial charge in [0.05, 0.1) is 18.4 Å². The first-order chi connectivity index (χ1) is 9.45. The van der Waals surface area contributed by atoms with Crippen LogP contribution in [-0.4, -0.2) is 36.5 Å². The number of benzene rings is 1. The summed E-state index contributed by atoms with van der Waals surface area (Å²) in [6.07, 6.45) is -1.15. The summed E-state index contributed by atoms with van der Waals surface area (Å²) < 4.78 is 5.03. The maximum atomic E-state index is 12.0. The standard InChI is InChI=1S/C13H17ClN2O4/c1-9(2)20-13(19)16(12(18)15-7-8-17)11-5-3-10(14)4-6-11/h3-6,9,17H,7-8H2,1-2H3,(H,15,18). The van der Waals surface area contributed by atoms with Crippen molar-refractivity contribution >= 4 is 29.4 Å². The fourth-order valence-electron chi connectivity index (χ4n) is 1.39. The summed E-state index contributed by atoms with van der Waals surface area (Å²) in [5.74, 6) is 0. The maximum Gasteiger partial charge on any atom is 0.422 e. The van der Waals surface area contributed by atoms with Gasteiger partial charge < -0.3 is 15.2 Å². The number of halogens is 1. The summed E-state index contributed by atoms with van der Waals surface area (Å²) in [6, 6.07) is 5.51. The molecule has 0 radical (unpaired) electrons. The number of carbonyl (C=O) groups is 2. The number of hydrogen-bond acceptors (Lipinski definition) is 4. The average Bonchev–Trinajstić information content (AvgIpc) is 2.38. The summed E-state index contributed by atoms with van der Waals surface area (Å²) in [6.45, 7) is 3.18. The second kappa shape index (κ2) is 7.72. The summed E-state index contributed by atoms with van der Waals surface area (Å²) >= 11 is 5.78. The Morgan fingerprint density at radius 1 is 1.35 bits per heavy atom. The van der Waals surface area contributed by atoms with E-state index in [9.17, 15) is 9.59 Å². The minimum Gasteiger partial charge on any atom is -0.446 e. The van der Waals surface area contributed by atoms with Gasteiger partial charge in [0.2, 0.25) is 0 Å². The van der Waals surface area contributed by atoms with Crippen LogP contribution in [-0.2, 0) is 4.74 Å². The Labute approximate surface area is 122 Å². The van der Waals surface area contributed by atoms with E-state index in [0.717, 1.165) is 4.90 Å². The van der Waals surface area contributed by atoms with Crippen molar-refractivity contribution in [2.75, 3.05) is 18.1 Å². The molecular formula is C13H17ClN2O4. The Kier molecular flexibility index (Phi) is 6.27. The van der Waals surface area contributed by atoms with Gasteiger partial charge in [-0.1, -0.05) is 11.6 Å². The molecule has 20 heavy (non-hydrogen) atoms. The van der Waals surface area contributed by atoms with Gasteiger partial charge in [0.25, 0.3) is 0 Å². The molecule has 1 aromatic carbocycles. The second-order valence-corrected chi connectivity index (χ2v) is 4.64. The number of ether oxygens (including phenoxy) is 1. The van der Waals surface area contributed by atoms with Crippen molar-refractivity contribution in [3.05, 3.63) is 29.3 Å². The summed E-state index contributed by atoms with van der Waals surface area (Å²) in [5.41, 5.74) is 0.329. The highest BCUT2D eigenvalue weighted by molar-refractivity contribution is 6.30. The van der Waals surface area contributed by atoms with Crippen LogP contribution in [0.3, 0.4) is 0 Å². The second-order valence-electron chi connectivity index (χ2n) is 4.20. The molecule has 0 heterocycles. The van der Waals surface area contributed by atoms with Gasteiger partial charge in [0.15, 0.2) is 0 Å². The SMILES string of the molecule is CC(C)OC(=O)N(C(=O)NCCO)c1ccc(Cl)cc1. The smallest absolute Gasteiger partial charge is 0.422 e. The van der Waals surface area contributed by atoms with E-state index in [4.69, 9.17) is 21.4 Å². The average molecular weight is 301 g/mol. The third-order valence-corrected chi connectivity index (χ3v) is 2.45. The Morgan fingerprint density at radius 2 is 1.95 bits per heavy atom. The molecule has 2 N–H and O–H groups in total. The van der Waals surface area contributed by atoms with Crippen LogP contribution >= 0.6 is 11.6 Å². The van der Waals surface area contributed by atoms with Crippen LogP contribution in [0.15, 0.2) is 24.3 Å². The Hall–Kier alpha value is -1.79. The molecule has 0 aromatic heterocycles. The van der Waals surface area contributed by atoms with Gasteiger partial charge >= 0.3 is 12.1 Å². The van der Waals surface area contributed by atoms with Crippen LogP contribution in [0.2, 0.25) is 5.02 Å². The number of aliphatic hydroxyl groups excluding tert-OH is 1. The molecule has 0 atom stereocenters. The highest BCUT2D eigenvalue weighted by atomic mass is 35.5. The largest absolute Gasteiger partial charge is 0.446 e. The zero-order chi connectivity index (χ0) is 15.1. The number of carbonyl (C=O) groups excluding carboxylic acids is 2. The van der Waals surface area contributed by atoms with Gasteiger partial charge in [-0.2, -0.15) is 4.90 Å². The van der Waals surface area contributed by atoms with Crippen molar-refractivity contribution in [1.29, 1.82) is 0 Å². The van der Waals surface area contributed by atoms with Crippen LogP contribution in [0.4, 0.5) is 15.3 Å². The lowest BCUT2D eigenvalue weighted by atomic mass is 10.3. The lowest BCUT2D eigenvalue weighted by molar-refractivity contribution is 0.123. The minimum atomic E-state index is -0.794. The van der Waals surface area contributed by atoms with Crippen molar-refractivity contribution in [3.8, 4) is 0 Å². The minimum absolute atomic E-state index is 0.0396. The van der Waals surface area contributed by atoms with Crippen LogP contribution in [0, 0.1) is 0 Å². The fourth-order valence-corrected chi connectivity index (χ4v) is 1.52. The zero-order valence-electron chi connectivity index (χ0n) is 11.3.